The maximum Gasteiger partial charge on any atom is 0.252 e. The minimum Gasteiger partial charge on any atom is -0.355 e. The lowest BCUT2D eigenvalue weighted by molar-refractivity contribution is 0.178. The summed E-state index contributed by atoms with van der Waals surface area (Å²) in [6, 6.07) is 4.47. The van der Waals surface area contributed by atoms with Crippen molar-refractivity contribution in [2.45, 2.75) is 50.5 Å². The van der Waals surface area contributed by atoms with Crippen LogP contribution in [0.4, 0.5) is 0 Å². The number of sulfonamides is 1. The topological polar surface area (TPSA) is 77.0 Å². The molecule has 7 nitrogen and oxygen atoms in total. The molecule has 1 aromatic heterocycles. The van der Waals surface area contributed by atoms with E-state index in [0.29, 0.717) is 28.8 Å². The first-order valence-corrected chi connectivity index (χ1v) is 11.1. The number of rotatable bonds is 9. The fourth-order valence-corrected chi connectivity index (χ4v) is 5.04. The Hall–Kier alpha value is -0.430. The monoisotopic (exact) mass is 531 g/mol. The molecule has 10 heteroatoms. The largest absolute Gasteiger partial charge is 0.355 e. The van der Waals surface area contributed by atoms with Crippen molar-refractivity contribution >= 4 is 51.3 Å². The molecular formula is C17H34IN5O2S2. The van der Waals surface area contributed by atoms with E-state index in [9.17, 15) is 8.42 Å². The number of thiophene rings is 1. The van der Waals surface area contributed by atoms with Crippen molar-refractivity contribution in [1.82, 2.24) is 19.8 Å². The molecule has 0 aliphatic heterocycles. The van der Waals surface area contributed by atoms with Gasteiger partial charge in [0.05, 0.1) is 6.54 Å². The summed E-state index contributed by atoms with van der Waals surface area (Å²) in [5, 5.41) is 6.54. The third-order valence-corrected chi connectivity index (χ3v) is 7.38. The van der Waals surface area contributed by atoms with Crippen LogP contribution in [0.5, 0.6) is 0 Å². The smallest absolute Gasteiger partial charge is 0.252 e. The van der Waals surface area contributed by atoms with Crippen LogP contribution in [0.1, 0.15) is 32.6 Å². The number of hydrogen-bond donors (Lipinski definition) is 2. The summed E-state index contributed by atoms with van der Waals surface area (Å²) >= 11 is 1.27. The lowest BCUT2D eigenvalue weighted by Gasteiger charge is -2.30. The lowest BCUT2D eigenvalue weighted by Crippen LogP contribution is -2.45. The highest BCUT2D eigenvalue weighted by atomic mass is 127. The van der Waals surface area contributed by atoms with Gasteiger partial charge in [-0.2, -0.15) is 0 Å². The first-order valence-electron chi connectivity index (χ1n) is 8.81. The number of nitrogens with zero attached hydrogens (tertiary/aromatic N) is 3. The van der Waals surface area contributed by atoms with E-state index >= 15 is 0 Å². The van der Waals surface area contributed by atoms with Gasteiger partial charge in [0.1, 0.15) is 4.21 Å². The summed E-state index contributed by atoms with van der Waals surface area (Å²) in [6.07, 6.45) is 0. The second-order valence-corrected chi connectivity index (χ2v) is 10.3. The maximum absolute atomic E-state index is 12.1. The molecule has 0 amide bonds. The summed E-state index contributed by atoms with van der Waals surface area (Å²) in [5.41, 5.74) is 0. The van der Waals surface area contributed by atoms with Crippen molar-refractivity contribution in [2.24, 2.45) is 4.99 Å². The van der Waals surface area contributed by atoms with Crippen LogP contribution in [0, 0.1) is 0 Å². The normalized spacial score (nSPS) is 12.8. The Kier molecular flexibility index (Phi) is 12.0. The van der Waals surface area contributed by atoms with E-state index in [-0.39, 0.29) is 24.0 Å². The number of guanidine groups is 1. The number of halogens is 1. The highest BCUT2D eigenvalue weighted by Gasteiger charge is 2.19. The van der Waals surface area contributed by atoms with E-state index < -0.39 is 10.0 Å². The molecule has 0 aromatic carbocycles. The molecule has 0 saturated heterocycles. The first-order chi connectivity index (χ1) is 12.1. The SMILES string of the molecule is CN=C(NCCN(C(C)C)C(C)C)NCc1ccc(S(=O)(=O)N(C)C)s1.I. The molecule has 0 unspecified atom stereocenters. The van der Waals surface area contributed by atoms with Crippen molar-refractivity contribution in [3.05, 3.63) is 17.0 Å². The molecule has 0 fully saturated rings. The maximum atomic E-state index is 12.1. The minimum atomic E-state index is -3.37. The second-order valence-electron chi connectivity index (χ2n) is 6.79. The molecule has 2 N–H and O–H groups in total. The molecule has 0 radical (unpaired) electrons. The molecule has 1 heterocycles. The Labute approximate surface area is 185 Å². The average Bonchev–Trinajstić information content (AvgIpc) is 3.03. The summed E-state index contributed by atoms with van der Waals surface area (Å²) in [4.78, 5) is 7.59. The van der Waals surface area contributed by atoms with Gasteiger partial charge in [-0.3, -0.25) is 9.89 Å². The van der Waals surface area contributed by atoms with Gasteiger partial charge >= 0.3 is 0 Å². The predicted octanol–water partition coefficient (Wildman–Crippen LogP) is 2.40. The highest BCUT2D eigenvalue weighted by molar-refractivity contribution is 14.0. The highest BCUT2D eigenvalue weighted by Crippen LogP contribution is 2.23. The summed E-state index contributed by atoms with van der Waals surface area (Å²) < 4.78 is 25.8. The molecule has 1 rings (SSSR count). The molecule has 27 heavy (non-hydrogen) atoms. The van der Waals surface area contributed by atoms with Gasteiger partial charge in [-0.05, 0) is 39.8 Å². The van der Waals surface area contributed by atoms with Crippen molar-refractivity contribution in [1.29, 1.82) is 0 Å². The zero-order valence-corrected chi connectivity index (χ0v) is 21.3. The first kappa shape index (κ1) is 26.6. The van der Waals surface area contributed by atoms with Crippen molar-refractivity contribution in [3.8, 4) is 0 Å². The Morgan fingerprint density at radius 1 is 1.15 bits per heavy atom. The average molecular weight is 532 g/mol. The summed E-state index contributed by atoms with van der Waals surface area (Å²) in [5.74, 6) is 0.711. The van der Waals surface area contributed by atoms with Crippen LogP contribution in [0.3, 0.4) is 0 Å². The Bertz CT molecular complexity index is 679. The lowest BCUT2D eigenvalue weighted by atomic mass is 10.2. The zero-order valence-electron chi connectivity index (χ0n) is 17.3. The molecule has 0 aliphatic rings. The fraction of sp³-hybridized carbons (Fsp3) is 0.706. The molecule has 0 bridgehead atoms. The van der Waals surface area contributed by atoms with E-state index in [1.807, 2.05) is 6.07 Å². The standard InChI is InChI=1S/C17H33N5O2S2.HI/c1-13(2)22(14(3)4)11-10-19-17(18-5)20-12-15-8-9-16(25-15)26(23,24)21(6)7;/h8-9,13-14H,10-12H2,1-7H3,(H2,18,19,20);1H. The van der Waals surface area contributed by atoms with Crippen LogP contribution in [0.25, 0.3) is 0 Å². The van der Waals surface area contributed by atoms with E-state index in [0.717, 1.165) is 18.0 Å². The van der Waals surface area contributed by atoms with Crippen LogP contribution in [-0.2, 0) is 16.6 Å². The van der Waals surface area contributed by atoms with Gasteiger partial charge in [-0.1, -0.05) is 0 Å². The van der Waals surface area contributed by atoms with Crippen LogP contribution in [0.2, 0.25) is 0 Å². The van der Waals surface area contributed by atoms with Gasteiger partial charge in [0, 0.05) is 51.2 Å². The predicted molar refractivity (Wildman–Crippen MR) is 126 cm³/mol. The van der Waals surface area contributed by atoms with E-state index in [1.54, 1.807) is 13.1 Å². The molecule has 0 atom stereocenters. The fourth-order valence-electron chi connectivity index (χ4n) is 2.58. The van der Waals surface area contributed by atoms with Crippen molar-refractivity contribution in [3.63, 3.8) is 0 Å². The van der Waals surface area contributed by atoms with Crippen molar-refractivity contribution in [2.75, 3.05) is 34.2 Å². The quantitative estimate of drug-likeness (QED) is 0.291. The number of aliphatic imine (C=N–C) groups is 1. The van der Waals surface area contributed by atoms with Gasteiger partial charge < -0.3 is 10.6 Å². The molecule has 158 valence electrons. The summed E-state index contributed by atoms with van der Waals surface area (Å²) in [7, 11) is 1.44. The Balaban J connectivity index is 0.00000676. The van der Waals surface area contributed by atoms with E-state index in [2.05, 4.69) is 48.2 Å². The van der Waals surface area contributed by atoms with Gasteiger partial charge in [-0.25, -0.2) is 12.7 Å². The zero-order chi connectivity index (χ0) is 19.9. The van der Waals surface area contributed by atoms with Crippen LogP contribution >= 0.6 is 35.3 Å². The van der Waals surface area contributed by atoms with Crippen LogP contribution in [0.15, 0.2) is 21.3 Å². The second kappa shape index (κ2) is 12.2. The van der Waals surface area contributed by atoms with Gasteiger partial charge in [-0.15, -0.1) is 35.3 Å². The molecular weight excluding hydrogens is 497 g/mol. The van der Waals surface area contributed by atoms with Gasteiger partial charge in [0.25, 0.3) is 10.0 Å². The Morgan fingerprint density at radius 3 is 2.22 bits per heavy atom. The third-order valence-electron chi connectivity index (χ3n) is 4.01. The Morgan fingerprint density at radius 2 is 1.74 bits per heavy atom. The van der Waals surface area contributed by atoms with Crippen LogP contribution < -0.4 is 10.6 Å². The van der Waals surface area contributed by atoms with E-state index in [4.69, 9.17) is 0 Å². The summed E-state index contributed by atoms with van der Waals surface area (Å²) in [6.45, 7) is 11.0. The van der Waals surface area contributed by atoms with Gasteiger partial charge in [0.15, 0.2) is 5.96 Å². The van der Waals surface area contributed by atoms with Gasteiger partial charge in [0.2, 0.25) is 0 Å². The minimum absolute atomic E-state index is 0. The van der Waals surface area contributed by atoms with Crippen molar-refractivity contribution < 1.29 is 8.42 Å². The molecule has 0 saturated carbocycles. The number of nitrogens with one attached hydrogen (secondary N) is 2. The third kappa shape index (κ3) is 8.22. The molecule has 0 spiro atoms. The molecule has 1 aromatic rings. The van der Waals surface area contributed by atoms with Crippen LogP contribution in [-0.4, -0.2) is 69.9 Å². The molecule has 0 aliphatic carbocycles. The van der Waals surface area contributed by atoms with E-state index in [1.165, 1.54) is 29.7 Å². The number of hydrogen-bond acceptors (Lipinski definition) is 5.